The molecule has 0 heterocycles. The van der Waals surface area contributed by atoms with Gasteiger partial charge in [0.1, 0.15) is 5.82 Å². The smallest absolute Gasteiger partial charge is 0.303 e. The van der Waals surface area contributed by atoms with Gasteiger partial charge in [0.2, 0.25) is 0 Å². The summed E-state index contributed by atoms with van der Waals surface area (Å²) in [5.74, 6) is -1.19. The molecule has 1 aliphatic rings. The Hall–Kier alpha value is -2.02. The van der Waals surface area contributed by atoms with E-state index >= 15 is 0 Å². The summed E-state index contributed by atoms with van der Waals surface area (Å²) in [4.78, 5) is 10.6. The summed E-state index contributed by atoms with van der Waals surface area (Å²) in [5, 5.41) is 41.5. The van der Waals surface area contributed by atoms with Gasteiger partial charge in [-0.2, -0.15) is 0 Å². The highest BCUT2D eigenvalue weighted by Gasteiger charge is 2.40. The molecule has 2 aromatic rings. The quantitative estimate of drug-likeness (QED) is 0.390. The number of aliphatic carboxylic acids is 1. The first-order valence-corrected chi connectivity index (χ1v) is 11.3. The highest BCUT2D eigenvalue weighted by Crippen LogP contribution is 2.40. The van der Waals surface area contributed by atoms with Crippen LogP contribution in [0.1, 0.15) is 69.5 Å². The summed E-state index contributed by atoms with van der Waals surface area (Å²) in [7, 11) is 0. The first-order valence-electron chi connectivity index (χ1n) is 11.3. The van der Waals surface area contributed by atoms with E-state index < -0.39 is 24.3 Å². The zero-order valence-corrected chi connectivity index (χ0v) is 17.8. The first kappa shape index (κ1) is 23.6. The van der Waals surface area contributed by atoms with Gasteiger partial charge < -0.3 is 20.4 Å². The molecule has 0 amide bonds. The number of halogens is 1. The van der Waals surface area contributed by atoms with Crippen molar-refractivity contribution in [1.29, 1.82) is 0 Å². The molecule has 0 spiro atoms. The Balaban J connectivity index is 1.53. The van der Waals surface area contributed by atoms with Crippen molar-refractivity contribution in [3.63, 3.8) is 0 Å². The SMILES string of the molecule is O=C(O)CCCCCC[C@@H]1C(CCC(O)c2ccc3cccc(F)c3c2)[C@H](O)C[C@@H]1O. The van der Waals surface area contributed by atoms with Crippen molar-refractivity contribution in [2.24, 2.45) is 11.8 Å². The first-order chi connectivity index (χ1) is 14.9. The van der Waals surface area contributed by atoms with Crippen LogP contribution < -0.4 is 0 Å². The van der Waals surface area contributed by atoms with Crippen molar-refractivity contribution in [3.05, 3.63) is 47.8 Å². The Kier molecular flexibility index (Phi) is 8.41. The van der Waals surface area contributed by atoms with Gasteiger partial charge >= 0.3 is 5.97 Å². The van der Waals surface area contributed by atoms with Crippen LogP contribution in [0.4, 0.5) is 4.39 Å². The summed E-state index contributed by atoms with van der Waals surface area (Å²) < 4.78 is 14.1. The molecule has 5 atom stereocenters. The van der Waals surface area contributed by atoms with Gasteiger partial charge in [-0.05, 0) is 67.0 Å². The molecule has 4 N–H and O–H groups in total. The number of rotatable bonds is 11. The summed E-state index contributed by atoms with van der Waals surface area (Å²) in [6.07, 6.45) is 3.74. The third kappa shape index (κ3) is 6.25. The van der Waals surface area contributed by atoms with Crippen LogP contribution in [-0.4, -0.2) is 38.6 Å². The summed E-state index contributed by atoms with van der Waals surface area (Å²) >= 11 is 0. The van der Waals surface area contributed by atoms with Crippen LogP contribution in [0, 0.1) is 17.7 Å². The van der Waals surface area contributed by atoms with Crippen LogP contribution in [-0.2, 0) is 4.79 Å². The Morgan fingerprint density at radius 3 is 2.45 bits per heavy atom. The van der Waals surface area contributed by atoms with Gasteiger partial charge in [-0.1, -0.05) is 43.5 Å². The van der Waals surface area contributed by atoms with Gasteiger partial charge in [0.25, 0.3) is 0 Å². The fourth-order valence-electron chi connectivity index (χ4n) is 4.97. The topological polar surface area (TPSA) is 98.0 Å². The van der Waals surface area contributed by atoms with Gasteiger partial charge in [-0.3, -0.25) is 4.79 Å². The van der Waals surface area contributed by atoms with Gasteiger partial charge in [0, 0.05) is 11.8 Å². The molecule has 0 bridgehead atoms. The molecule has 0 radical (unpaired) electrons. The van der Waals surface area contributed by atoms with E-state index in [2.05, 4.69) is 0 Å². The zero-order valence-electron chi connectivity index (χ0n) is 17.8. The van der Waals surface area contributed by atoms with E-state index in [9.17, 15) is 24.5 Å². The Labute approximate surface area is 182 Å². The van der Waals surface area contributed by atoms with Crippen molar-refractivity contribution in [2.45, 2.75) is 76.1 Å². The minimum absolute atomic E-state index is 0.0179. The summed E-state index contributed by atoms with van der Waals surface area (Å²) in [6, 6.07) is 10.2. The van der Waals surface area contributed by atoms with E-state index in [4.69, 9.17) is 5.11 Å². The molecule has 0 aliphatic heterocycles. The fraction of sp³-hybridized carbons (Fsp3) is 0.560. The van der Waals surface area contributed by atoms with Crippen LogP contribution in [0.2, 0.25) is 0 Å². The van der Waals surface area contributed by atoms with Crippen molar-refractivity contribution in [3.8, 4) is 0 Å². The van der Waals surface area contributed by atoms with E-state index in [0.29, 0.717) is 36.6 Å². The number of hydrogen-bond acceptors (Lipinski definition) is 4. The van der Waals surface area contributed by atoms with E-state index in [-0.39, 0.29) is 24.1 Å². The number of aliphatic hydroxyl groups excluding tert-OH is 3. The maximum absolute atomic E-state index is 14.1. The van der Waals surface area contributed by atoms with Gasteiger partial charge in [-0.25, -0.2) is 4.39 Å². The van der Waals surface area contributed by atoms with Crippen molar-refractivity contribution in [2.75, 3.05) is 0 Å². The van der Waals surface area contributed by atoms with Gasteiger partial charge in [0.15, 0.2) is 0 Å². The second-order valence-corrected chi connectivity index (χ2v) is 8.86. The number of benzene rings is 2. The largest absolute Gasteiger partial charge is 0.481 e. The second-order valence-electron chi connectivity index (χ2n) is 8.86. The number of unbranched alkanes of at least 4 members (excludes halogenated alkanes) is 3. The molecule has 5 nitrogen and oxygen atoms in total. The maximum Gasteiger partial charge on any atom is 0.303 e. The van der Waals surface area contributed by atoms with Crippen molar-refractivity contribution in [1.82, 2.24) is 0 Å². The lowest BCUT2D eigenvalue weighted by Crippen LogP contribution is -2.23. The number of fused-ring (bicyclic) bond motifs is 1. The normalized spacial score (nSPS) is 24.5. The van der Waals surface area contributed by atoms with Crippen LogP contribution in [0.5, 0.6) is 0 Å². The molecule has 0 aromatic heterocycles. The van der Waals surface area contributed by atoms with E-state index in [0.717, 1.165) is 31.1 Å². The molecular weight excluding hydrogens is 399 g/mol. The maximum atomic E-state index is 14.1. The van der Waals surface area contributed by atoms with E-state index in [1.54, 1.807) is 24.3 Å². The highest BCUT2D eigenvalue weighted by molar-refractivity contribution is 5.83. The lowest BCUT2D eigenvalue weighted by atomic mass is 9.84. The second kappa shape index (κ2) is 11.0. The van der Waals surface area contributed by atoms with E-state index in [1.807, 2.05) is 6.07 Å². The zero-order chi connectivity index (χ0) is 22.4. The predicted molar refractivity (Wildman–Crippen MR) is 117 cm³/mol. The molecule has 1 fully saturated rings. The average Bonchev–Trinajstić information content (AvgIpc) is 3.01. The van der Waals surface area contributed by atoms with Crippen molar-refractivity contribution >= 4 is 16.7 Å². The predicted octanol–water partition coefficient (Wildman–Crippen LogP) is 4.58. The number of hydrogen-bond donors (Lipinski definition) is 4. The standard InChI is InChI=1S/C25H33FO5/c26-21-8-5-6-16-10-11-17(14-20(16)21)22(27)13-12-19-18(23(28)15-24(19)29)7-3-1-2-4-9-25(30)31/h5-6,8,10-11,14,18-19,22-24,27-29H,1-4,7,9,12-13,15H2,(H,30,31)/t18-,19?,22?,23+,24-/m1/s1. The lowest BCUT2D eigenvalue weighted by molar-refractivity contribution is -0.137. The third-order valence-electron chi connectivity index (χ3n) is 6.71. The van der Waals surface area contributed by atoms with Crippen LogP contribution in [0.3, 0.4) is 0 Å². The van der Waals surface area contributed by atoms with Crippen LogP contribution >= 0.6 is 0 Å². The molecule has 2 aromatic carbocycles. The number of carboxylic acids is 1. The Morgan fingerprint density at radius 2 is 1.71 bits per heavy atom. The molecule has 1 saturated carbocycles. The number of aliphatic hydroxyl groups is 3. The number of carbonyl (C=O) groups is 1. The van der Waals surface area contributed by atoms with Crippen molar-refractivity contribution < 1.29 is 29.6 Å². The van der Waals surface area contributed by atoms with Gasteiger partial charge in [0.05, 0.1) is 18.3 Å². The molecule has 170 valence electrons. The average molecular weight is 433 g/mol. The van der Waals surface area contributed by atoms with Crippen LogP contribution in [0.15, 0.2) is 36.4 Å². The molecule has 1 aliphatic carbocycles. The minimum Gasteiger partial charge on any atom is -0.481 e. The molecule has 6 heteroatoms. The Morgan fingerprint density at radius 1 is 1.00 bits per heavy atom. The monoisotopic (exact) mass is 432 g/mol. The summed E-state index contributed by atoms with van der Waals surface area (Å²) in [5.41, 5.74) is 0.653. The fourth-order valence-corrected chi connectivity index (χ4v) is 4.97. The van der Waals surface area contributed by atoms with E-state index in [1.165, 1.54) is 6.07 Å². The molecule has 3 rings (SSSR count). The highest BCUT2D eigenvalue weighted by atomic mass is 19.1. The number of carboxylic acid groups (broad SMARTS) is 1. The molecular formula is C25H33FO5. The lowest BCUT2D eigenvalue weighted by Gasteiger charge is -2.25. The summed E-state index contributed by atoms with van der Waals surface area (Å²) in [6.45, 7) is 0. The minimum atomic E-state index is -0.776. The molecule has 0 saturated heterocycles. The van der Waals surface area contributed by atoms with Crippen LogP contribution in [0.25, 0.3) is 10.8 Å². The molecule has 2 unspecified atom stereocenters. The molecule has 31 heavy (non-hydrogen) atoms. The van der Waals surface area contributed by atoms with Gasteiger partial charge in [-0.15, -0.1) is 0 Å². The Bertz CT molecular complexity index is 870. The third-order valence-corrected chi connectivity index (χ3v) is 6.71.